The van der Waals surface area contributed by atoms with Gasteiger partial charge in [0.1, 0.15) is 10.8 Å². The van der Waals surface area contributed by atoms with E-state index < -0.39 is 23.1 Å². The highest BCUT2D eigenvalue weighted by Gasteiger charge is 2.16. The average Bonchev–Trinajstić information content (AvgIpc) is 2.85. The van der Waals surface area contributed by atoms with E-state index in [1.165, 1.54) is 0 Å². The fourth-order valence-corrected chi connectivity index (χ4v) is 3.61. The molecule has 0 aliphatic heterocycles. The van der Waals surface area contributed by atoms with E-state index in [-0.39, 0.29) is 17.4 Å². The van der Waals surface area contributed by atoms with E-state index in [1.807, 2.05) is 6.92 Å². The molecule has 0 saturated heterocycles. The molecule has 0 atom stereocenters. The van der Waals surface area contributed by atoms with E-state index in [0.717, 1.165) is 23.4 Å². The zero-order valence-electron chi connectivity index (χ0n) is 11.1. The highest BCUT2D eigenvalue weighted by Crippen LogP contribution is 2.19. The lowest BCUT2D eigenvalue weighted by atomic mass is 10.3. The van der Waals surface area contributed by atoms with E-state index in [0.29, 0.717) is 6.54 Å². The van der Waals surface area contributed by atoms with Gasteiger partial charge in [0.2, 0.25) is 10.0 Å². The standard InChI is InChI=1S/C11H18F2N2O3S2/c1-2-14-6-9-5-11(19-8-9)20(16,17)15-3-4-18-7-10(12)13/h5,8,10,14-15H,2-4,6-7H2,1H3. The Kier molecular flexibility index (Phi) is 7.52. The number of thiophene rings is 1. The molecule has 0 spiro atoms. The van der Waals surface area contributed by atoms with E-state index in [4.69, 9.17) is 0 Å². The Morgan fingerprint density at radius 3 is 2.85 bits per heavy atom. The van der Waals surface area contributed by atoms with Crippen molar-refractivity contribution in [2.75, 3.05) is 26.3 Å². The first kappa shape index (κ1) is 17.4. The number of hydrogen-bond donors (Lipinski definition) is 2. The minimum Gasteiger partial charge on any atom is -0.374 e. The molecule has 0 aromatic carbocycles. The predicted octanol–water partition coefficient (Wildman–Crippen LogP) is 1.42. The number of alkyl halides is 2. The van der Waals surface area contributed by atoms with Crippen LogP contribution in [0.4, 0.5) is 8.78 Å². The highest BCUT2D eigenvalue weighted by atomic mass is 32.2. The Morgan fingerprint density at radius 1 is 1.45 bits per heavy atom. The van der Waals surface area contributed by atoms with Crippen LogP contribution in [0.25, 0.3) is 0 Å². The molecule has 116 valence electrons. The van der Waals surface area contributed by atoms with E-state index in [9.17, 15) is 17.2 Å². The van der Waals surface area contributed by atoms with Crippen molar-refractivity contribution in [2.45, 2.75) is 24.1 Å². The van der Waals surface area contributed by atoms with Crippen LogP contribution in [0.5, 0.6) is 0 Å². The van der Waals surface area contributed by atoms with Gasteiger partial charge in [-0.3, -0.25) is 0 Å². The first-order chi connectivity index (χ1) is 9.45. The maximum absolute atomic E-state index is 11.9. The quantitative estimate of drug-likeness (QED) is 0.638. The van der Waals surface area contributed by atoms with Crippen molar-refractivity contribution in [3.63, 3.8) is 0 Å². The fourth-order valence-electron chi connectivity index (χ4n) is 1.35. The van der Waals surface area contributed by atoms with Crippen LogP contribution in [0.1, 0.15) is 12.5 Å². The molecule has 1 heterocycles. The molecule has 0 bridgehead atoms. The topological polar surface area (TPSA) is 67.4 Å². The molecule has 1 rings (SSSR count). The second-order valence-corrected chi connectivity index (χ2v) is 6.82. The van der Waals surface area contributed by atoms with Gasteiger partial charge in [-0.2, -0.15) is 0 Å². The van der Waals surface area contributed by atoms with Crippen LogP contribution < -0.4 is 10.0 Å². The maximum atomic E-state index is 11.9. The van der Waals surface area contributed by atoms with E-state index >= 15 is 0 Å². The number of ether oxygens (including phenoxy) is 1. The number of halogens is 2. The smallest absolute Gasteiger partial charge is 0.261 e. The molecule has 0 aliphatic carbocycles. The molecule has 1 aromatic heterocycles. The molecular formula is C11H18F2N2O3S2. The van der Waals surface area contributed by atoms with Crippen molar-refractivity contribution < 1.29 is 21.9 Å². The lowest BCUT2D eigenvalue weighted by molar-refractivity contribution is 0.0199. The summed E-state index contributed by atoms with van der Waals surface area (Å²) in [4.78, 5) is 0. The summed E-state index contributed by atoms with van der Waals surface area (Å²) < 4.78 is 54.5. The summed E-state index contributed by atoms with van der Waals surface area (Å²) in [7, 11) is -3.59. The Morgan fingerprint density at radius 2 is 2.20 bits per heavy atom. The summed E-state index contributed by atoms with van der Waals surface area (Å²) in [5.41, 5.74) is 0.895. The Labute approximate surface area is 121 Å². The summed E-state index contributed by atoms with van der Waals surface area (Å²) in [6.07, 6.45) is -2.54. The van der Waals surface area contributed by atoms with Crippen LogP contribution in [-0.2, 0) is 21.3 Å². The van der Waals surface area contributed by atoms with Gasteiger partial charge in [0.25, 0.3) is 6.43 Å². The van der Waals surface area contributed by atoms with Gasteiger partial charge in [-0.15, -0.1) is 11.3 Å². The van der Waals surface area contributed by atoms with Gasteiger partial charge in [0.15, 0.2) is 0 Å². The predicted molar refractivity (Wildman–Crippen MR) is 73.7 cm³/mol. The molecule has 0 aliphatic rings. The van der Waals surface area contributed by atoms with Crippen LogP contribution in [0.2, 0.25) is 0 Å². The summed E-state index contributed by atoms with van der Waals surface area (Å²) in [6.45, 7) is 2.57. The van der Waals surface area contributed by atoms with E-state index in [2.05, 4.69) is 14.8 Å². The molecule has 0 saturated carbocycles. The van der Waals surface area contributed by atoms with Crippen molar-refractivity contribution in [1.29, 1.82) is 0 Å². The van der Waals surface area contributed by atoms with Crippen LogP contribution in [0, 0.1) is 0 Å². The van der Waals surface area contributed by atoms with Crippen LogP contribution >= 0.6 is 11.3 Å². The normalized spacial score (nSPS) is 12.2. The Hall–Kier alpha value is -0.610. The third kappa shape index (κ3) is 6.23. The van der Waals surface area contributed by atoms with Gasteiger partial charge >= 0.3 is 0 Å². The molecule has 20 heavy (non-hydrogen) atoms. The fraction of sp³-hybridized carbons (Fsp3) is 0.636. The molecule has 0 radical (unpaired) electrons. The van der Waals surface area contributed by atoms with Crippen molar-refractivity contribution in [3.05, 3.63) is 17.0 Å². The van der Waals surface area contributed by atoms with Crippen LogP contribution in [-0.4, -0.2) is 41.1 Å². The van der Waals surface area contributed by atoms with Gasteiger partial charge in [-0.1, -0.05) is 6.92 Å². The summed E-state index contributed by atoms with van der Waals surface area (Å²) in [6, 6.07) is 1.59. The van der Waals surface area contributed by atoms with Gasteiger partial charge in [-0.25, -0.2) is 21.9 Å². The van der Waals surface area contributed by atoms with E-state index in [1.54, 1.807) is 11.4 Å². The summed E-state index contributed by atoms with van der Waals surface area (Å²) in [5, 5.41) is 4.87. The Balaban J connectivity index is 2.41. The zero-order valence-corrected chi connectivity index (χ0v) is 12.7. The first-order valence-corrected chi connectivity index (χ1v) is 8.45. The number of hydrogen-bond acceptors (Lipinski definition) is 5. The number of nitrogens with one attached hydrogen (secondary N) is 2. The Bertz CT molecular complexity index is 492. The zero-order chi connectivity index (χ0) is 15.0. The molecule has 5 nitrogen and oxygen atoms in total. The van der Waals surface area contributed by atoms with Crippen molar-refractivity contribution in [1.82, 2.24) is 10.0 Å². The lowest BCUT2D eigenvalue weighted by Crippen LogP contribution is -2.27. The second kappa shape index (κ2) is 8.63. The van der Waals surface area contributed by atoms with Crippen molar-refractivity contribution >= 4 is 21.4 Å². The maximum Gasteiger partial charge on any atom is 0.261 e. The largest absolute Gasteiger partial charge is 0.374 e. The average molecular weight is 328 g/mol. The highest BCUT2D eigenvalue weighted by molar-refractivity contribution is 7.91. The third-order valence-electron chi connectivity index (χ3n) is 2.26. The molecule has 0 unspecified atom stereocenters. The number of sulfonamides is 1. The summed E-state index contributed by atoms with van der Waals surface area (Å²) >= 11 is 1.12. The second-order valence-electron chi connectivity index (χ2n) is 3.92. The van der Waals surface area contributed by atoms with Gasteiger partial charge in [-0.05, 0) is 23.6 Å². The first-order valence-electron chi connectivity index (χ1n) is 6.09. The molecule has 9 heteroatoms. The summed E-state index contributed by atoms with van der Waals surface area (Å²) in [5.74, 6) is 0. The van der Waals surface area contributed by atoms with Gasteiger partial charge < -0.3 is 10.1 Å². The monoisotopic (exact) mass is 328 g/mol. The SMILES string of the molecule is CCNCc1csc(S(=O)(=O)NCCOCC(F)F)c1. The molecule has 2 N–H and O–H groups in total. The molecule has 0 fully saturated rings. The molecule has 0 amide bonds. The van der Waals surface area contributed by atoms with Crippen molar-refractivity contribution in [2.24, 2.45) is 0 Å². The minimum atomic E-state index is -3.59. The lowest BCUT2D eigenvalue weighted by Gasteiger charge is -2.05. The third-order valence-corrected chi connectivity index (χ3v) is 5.21. The van der Waals surface area contributed by atoms with Crippen LogP contribution in [0.15, 0.2) is 15.7 Å². The minimum absolute atomic E-state index is 0.0322. The number of rotatable bonds is 10. The van der Waals surface area contributed by atoms with Crippen molar-refractivity contribution in [3.8, 4) is 0 Å². The van der Waals surface area contributed by atoms with Gasteiger partial charge in [0, 0.05) is 13.1 Å². The molecular weight excluding hydrogens is 310 g/mol. The molecule has 1 aromatic rings. The van der Waals surface area contributed by atoms with Crippen LogP contribution in [0.3, 0.4) is 0 Å². The van der Waals surface area contributed by atoms with Gasteiger partial charge in [0.05, 0.1) is 6.61 Å².